The van der Waals surface area contributed by atoms with Crippen LogP contribution in [-0.4, -0.2) is 23.3 Å². The molecular weight excluding hydrogens is 372 g/mol. The third-order valence-corrected chi connectivity index (χ3v) is 4.70. The van der Waals surface area contributed by atoms with Gasteiger partial charge in [0.25, 0.3) is 0 Å². The van der Waals surface area contributed by atoms with Gasteiger partial charge >= 0.3 is 0 Å². The van der Waals surface area contributed by atoms with Crippen molar-refractivity contribution in [3.05, 3.63) is 78.6 Å². The fraction of sp³-hybridized carbons (Fsp3) is 0.182. The fourth-order valence-corrected chi connectivity index (χ4v) is 3.21. The number of carbonyl (C=O) groups excluding carboxylic acids is 1. The molecule has 0 saturated heterocycles. The minimum atomic E-state index is -0.0799. The van der Waals surface area contributed by atoms with Crippen LogP contribution in [0.5, 0.6) is 17.2 Å². The number of nitrogens with one attached hydrogen (secondary N) is 1. The summed E-state index contributed by atoms with van der Waals surface area (Å²) in [7, 11) is 0. The normalized spacial score (nSPS) is 10.3. The number of aromatic nitrogens is 1. The molecule has 28 heavy (non-hydrogen) atoms. The molecule has 0 saturated carbocycles. The highest BCUT2D eigenvalue weighted by molar-refractivity contribution is 7.99. The first-order valence-corrected chi connectivity index (χ1v) is 10.2. The monoisotopic (exact) mass is 394 g/mol. The molecule has 6 heteroatoms. The standard InChI is InChI=1S/C22H22N2O3S/c1-2-26-18-10-12-19(13-11-18)27-21-9-4-3-8-20(21)24-22(25)16-28-15-17-7-5-6-14-23-17/h3-14H,2,15-16H2,1H3,(H,24,25). The minimum Gasteiger partial charge on any atom is -0.494 e. The Balaban J connectivity index is 1.56. The molecule has 2 aromatic carbocycles. The number of rotatable bonds is 9. The van der Waals surface area contributed by atoms with Crippen molar-refractivity contribution in [1.29, 1.82) is 0 Å². The van der Waals surface area contributed by atoms with Crippen molar-refractivity contribution in [2.75, 3.05) is 17.7 Å². The number of anilines is 1. The van der Waals surface area contributed by atoms with Gasteiger partial charge in [0.15, 0.2) is 5.75 Å². The van der Waals surface area contributed by atoms with E-state index in [1.165, 1.54) is 11.8 Å². The van der Waals surface area contributed by atoms with Crippen LogP contribution in [0.2, 0.25) is 0 Å². The van der Waals surface area contributed by atoms with E-state index in [9.17, 15) is 4.79 Å². The first-order chi connectivity index (χ1) is 13.7. The molecule has 0 bridgehead atoms. The summed E-state index contributed by atoms with van der Waals surface area (Å²) in [5.41, 5.74) is 1.60. The van der Waals surface area contributed by atoms with Gasteiger partial charge in [0.1, 0.15) is 11.5 Å². The third-order valence-electron chi connectivity index (χ3n) is 3.73. The van der Waals surface area contributed by atoms with Crippen molar-refractivity contribution in [1.82, 2.24) is 4.98 Å². The van der Waals surface area contributed by atoms with Crippen molar-refractivity contribution >= 4 is 23.4 Å². The highest BCUT2D eigenvalue weighted by atomic mass is 32.2. The number of hydrogen-bond acceptors (Lipinski definition) is 5. The molecule has 0 radical (unpaired) electrons. The maximum absolute atomic E-state index is 12.3. The lowest BCUT2D eigenvalue weighted by Crippen LogP contribution is -2.14. The van der Waals surface area contributed by atoms with Gasteiger partial charge in [-0.05, 0) is 55.5 Å². The van der Waals surface area contributed by atoms with Crippen LogP contribution in [0.15, 0.2) is 72.9 Å². The van der Waals surface area contributed by atoms with E-state index in [1.807, 2.05) is 73.7 Å². The van der Waals surface area contributed by atoms with Crippen LogP contribution in [0, 0.1) is 0 Å². The Morgan fingerprint density at radius 1 is 1.00 bits per heavy atom. The quantitative estimate of drug-likeness (QED) is 0.544. The van der Waals surface area contributed by atoms with Crippen LogP contribution in [0.25, 0.3) is 0 Å². The number of nitrogens with zero attached hydrogens (tertiary/aromatic N) is 1. The topological polar surface area (TPSA) is 60.5 Å². The summed E-state index contributed by atoms with van der Waals surface area (Å²) < 4.78 is 11.4. The molecule has 3 rings (SSSR count). The van der Waals surface area contributed by atoms with Gasteiger partial charge in [-0.3, -0.25) is 9.78 Å². The highest BCUT2D eigenvalue weighted by Gasteiger charge is 2.09. The molecule has 1 aromatic heterocycles. The van der Waals surface area contributed by atoms with E-state index in [2.05, 4.69) is 10.3 Å². The molecular formula is C22H22N2O3S. The zero-order chi connectivity index (χ0) is 19.6. The van der Waals surface area contributed by atoms with E-state index >= 15 is 0 Å². The molecule has 1 N–H and O–H groups in total. The smallest absolute Gasteiger partial charge is 0.234 e. The number of para-hydroxylation sites is 2. The largest absolute Gasteiger partial charge is 0.494 e. The van der Waals surface area contributed by atoms with Gasteiger partial charge in [0, 0.05) is 11.9 Å². The molecule has 0 atom stereocenters. The van der Waals surface area contributed by atoms with Crippen LogP contribution < -0.4 is 14.8 Å². The fourth-order valence-electron chi connectivity index (χ4n) is 2.47. The van der Waals surface area contributed by atoms with Gasteiger partial charge in [0.05, 0.1) is 23.7 Å². The predicted octanol–water partition coefficient (Wildman–Crippen LogP) is 5.14. The van der Waals surface area contributed by atoms with E-state index in [0.717, 1.165) is 11.4 Å². The summed E-state index contributed by atoms with van der Waals surface area (Å²) in [6.45, 7) is 2.56. The molecule has 0 unspecified atom stereocenters. The molecule has 0 aliphatic carbocycles. The van der Waals surface area contributed by atoms with E-state index < -0.39 is 0 Å². The summed E-state index contributed by atoms with van der Waals surface area (Å²) >= 11 is 1.52. The molecule has 1 heterocycles. The third kappa shape index (κ3) is 6.03. The lowest BCUT2D eigenvalue weighted by molar-refractivity contribution is -0.113. The number of pyridine rings is 1. The van der Waals surface area contributed by atoms with E-state index in [4.69, 9.17) is 9.47 Å². The molecule has 0 spiro atoms. The summed E-state index contributed by atoms with van der Waals surface area (Å²) in [5, 5.41) is 2.92. The average Bonchev–Trinajstić information content (AvgIpc) is 2.72. The number of thioether (sulfide) groups is 1. The molecule has 0 aliphatic rings. The lowest BCUT2D eigenvalue weighted by Gasteiger charge is -2.12. The van der Waals surface area contributed by atoms with Gasteiger partial charge in [-0.1, -0.05) is 18.2 Å². The zero-order valence-electron chi connectivity index (χ0n) is 15.6. The van der Waals surface area contributed by atoms with Crippen LogP contribution >= 0.6 is 11.8 Å². The van der Waals surface area contributed by atoms with E-state index in [-0.39, 0.29) is 5.91 Å². The van der Waals surface area contributed by atoms with Crippen LogP contribution in [0.1, 0.15) is 12.6 Å². The molecule has 3 aromatic rings. The zero-order valence-corrected chi connectivity index (χ0v) is 16.4. The second-order valence-corrected chi connectivity index (χ2v) is 6.85. The Bertz CT molecular complexity index is 886. The predicted molar refractivity (Wildman–Crippen MR) is 113 cm³/mol. The number of hydrogen-bond donors (Lipinski definition) is 1. The number of ether oxygens (including phenoxy) is 2. The Labute approximate surface area is 169 Å². The van der Waals surface area contributed by atoms with E-state index in [1.54, 1.807) is 6.20 Å². The Morgan fingerprint density at radius 2 is 1.75 bits per heavy atom. The number of benzene rings is 2. The summed E-state index contributed by atoms with van der Waals surface area (Å²) in [6, 6.07) is 20.5. The van der Waals surface area contributed by atoms with Crippen molar-refractivity contribution < 1.29 is 14.3 Å². The van der Waals surface area contributed by atoms with Gasteiger partial charge < -0.3 is 14.8 Å². The minimum absolute atomic E-state index is 0.0799. The second kappa shape index (κ2) is 10.4. The molecule has 0 fully saturated rings. The van der Waals surface area contributed by atoms with Gasteiger partial charge in [-0.25, -0.2) is 0 Å². The molecule has 144 valence electrons. The first kappa shape index (κ1) is 19.8. The van der Waals surface area contributed by atoms with Crippen LogP contribution in [-0.2, 0) is 10.5 Å². The summed E-state index contributed by atoms with van der Waals surface area (Å²) in [6.07, 6.45) is 1.75. The van der Waals surface area contributed by atoms with Gasteiger partial charge in [-0.15, -0.1) is 11.8 Å². The summed E-state index contributed by atoms with van der Waals surface area (Å²) in [5.74, 6) is 3.02. The molecule has 0 aliphatic heterocycles. The molecule has 5 nitrogen and oxygen atoms in total. The lowest BCUT2D eigenvalue weighted by atomic mass is 10.2. The Morgan fingerprint density at radius 3 is 2.50 bits per heavy atom. The van der Waals surface area contributed by atoms with Gasteiger partial charge in [0.2, 0.25) is 5.91 Å². The maximum Gasteiger partial charge on any atom is 0.234 e. The van der Waals surface area contributed by atoms with Crippen molar-refractivity contribution in [3.8, 4) is 17.2 Å². The molecule has 1 amide bonds. The number of carbonyl (C=O) groups is 1. The van der Waals surface area contributed by atoms with Crippen LogP contribution in [0.3, 0.4) is 0 Å². The van der Waals surface area contributed by atoms with Crippen molar-refractivity contribution in [3.63, 3.8) is 0 Å². The average molecular weight is 394 g/mol. The SMILES string of the molecule is CCOc1ccc(Oc2ccccc2NC(=O)CSCc2ccccn2)cc1. The second-order valence-electron chi connectivity index (χ2n) is 5.86. The summed E-state index contributed by atoms with van der Waals surface area (Å²) in [4.78, 5) is 16.6. The Hall–Kier alpha value is -2.99. The maximum atomic E-state index is 12.3. The Kier molecular flexibility index (Phi) is 7.32. The van der Waals surface area contributed by atoms with E-state index in [0.29, 0.717) is 35.3 Å². The van der Waals surface area contributed by atoms with Crippen molar-refractivity contribution in [2.45, 2.75) is 12.7 Å². The van der Waals surface area contributed by atoms with Crippen LogP contribution in [0.4, 0.5) is 5.69 Å². The first-order valence-electron chi connectivity index (χ1n) is 9.02. The van der Waals surface area contributed by atoms with Crippen molar-refractivity contribution in [2.24, 2.45) is 0 Å². The van der Waals surface area contributed by atoms with Gasteiger partial charge in [-0.2, -0.15) is 0 Å². The highest BCUT2D eigenvalue weighted by Crippen LogP contribution is 2.30. The number of amides is 1.